The predicted octanol–water partition coefficient (Wildman–Crippen LogP) is 4.77. The van der Waals surface area contributed by atoms with Crippen LogP contribution in [0.1, 0.15) is 13.8 Å². The number of piperazine rings is 1. The minimum absolute atomic E-state index is 0.0990. The molecule has 0 aliphatic carbocycles. The number of H-pyrrole nitrogens is 2. The maximum Gasteiger partial charge on any atom is 0.272 e. The van der Waals surface area contributed by atoms with Gasteiger partial charge in [-0.2, -0.15) is 0 Å². The number of ether oxygens (including phenoxy) is 1. The second kappa shape index (κ2) is 9.04. The summed E-state index contributed by atoms with van der Waals surface area (Å²) in [5, 5.41) is 4.89. The van der Waals surface area contributed by atoms with Crippen LogP contribution in [0.2, 0.25) is 5.02 Å². The summed E-state index contributed by atoms with van der Waals surface area (Å²) in [6.07, 6.45) is 0. The van der Waals surface area contributed by atoms with E-state index >= 15 is 0 Å². The van der Waals surface area contributed by atoms with Crippen molar-refractivity contribution in [1.82, 2.24) is 15.3 Å². The van der Waals surface area contributed by atoms with Crippen molar-refractivity contribution in [1.29, 1.82) is 0 Å². The van der Waals surface area contributed by atoms with E-state index in [0.717, 1.165) is 65.0 Å². The summed E-state index contributed by atoms with van der Waals surface area (Å²) in [5.41, 5.74) is 5.00. The van der Waals surface area contributed by atoms with Crippen LogP contribution in [0.5, 0.6) is 5.75 Å². The Morgan fingerprint density at radius 3 is 2.52 bits per heavy atom. The number of rotatable bonds is 3. The van der Waals surface area contributed by atoms with E-state index in [9.17, 15) is 4.79 Å². The van der Waals surface area contributed by atoms with Gasteiger partial charge in [0, 0.05) is 47.7 Å². The second-order valence-corrected chi connectivity index (χ2v) is 7.65. The molecule has 3 heterocycles. The molecule has 162 valence electrons. The van der Waals surface area contributed by atoms with E-state index in [1.807, 2.05) is 56.3 Å². The Hall–Kier alpha value is -2.96. The van der Waals surface area contributed by atoms with Crippen molar-refractivity contribution in [2.45, 2.75) is 13.8 Å². The fourth-order valence-electron chi connectivity index (χ4n) is 4.14. The van der Waals surface area contributed by atoms with Crippen LogP contribution in [0.25, 0.3) is 33.1 Å². The average Bonchev–Trinajstić information content (AvgIpc) is 3.17. The van der Waals surface area contributed by atoms with Crippen LogP contribution >= 0.6 is 11.6 Å². The van der Waals surface area contributed by atoms with Crippen LogP contribution in [0.15, 0.2) is 47.3 Å². The molecule has 0 spiro atoms. The van der Waals surface area contributed by atoms with Gasteiger partial charge < -0.3 is 24.9 Å². The van der Waals surface area contributed by atoms with Gasteiger partial charge in [-0.3, -0.25) is 4.79 Å². The van der Waals surface area contributed by atoms with E-state index in [-0.39, 0.29) is 5.56 Å². The molecular formula is C24H27ClN4O2. The van der Waals surface area contributed by atoms with Crippen molar-refractivity contribution in [3.63, 3.8) is 0 Å². The quantitative estimate of drug-likeness (QED) is 0.430. The van der Waals surface area contributed by atoms with Gasteiger partial charge in [-0.25, -0.2) is 0 Å². The van der Waals surface area contributed by atoms with Crippen LogP contribution < -0.4 is 20.5 Å². The van der Waals surface area contributed by atoms with Crippen molar-refractivity contribution in [3.8, 4) is 16.9 Å². The topological polar surface area (TPSA) is 73.2 Å². The molecule has 1 fully saturated rings. The molecule has 0 atom stereocenters. The zero-order valence-corrected chi connectivity index (χ0v) is 18.8. The fraction of sp³-hybridized carbons (Fsp3) is 0.292. The number of benzene rings is 2. The highest BCUT2D eigenvalue weighted by atomic mass is 35.5. The van der Waals surface area contributed by atoms with Gasteiger partial charge in [0.15, 0.2) is 0 Å². The number of aromatic nitrogens is 2. The van der Waals surface area contributed by atoms with E-state index in [4.69, 9.17) is 16.3 Å². The van der Waals surface area contributed by atoms with Crippen LogP contribution in [-0.4, -0.2) is 43.3 Å². The maximum atomic E-state index is 13.3. The van der Waals surface area contributed by atoms with Crippen molar-refractivity contribution in [2.24, 2.45) is 0 Å². The zero-order chi connectivity index (χ0) is 22.0. The van der Waals surface area contributed by atoms with Crippen LogP contribution in [0.3, 0.4) is 0 Å². The van der Waals surface area contributed by atoms with Gasteiger partial charge in [0.25, 0.3) is 5.56 Å². The Bertz CT molecular complexity index is 1270. The molecule has 0 amide bonds. The molecule has 2 aromatic carbocycles. The molecule has 2 aromatic heterocycles. The summed E-state index contributed by atoms with van der Waals surface area (Å²) >= 11 is 6.23. The van der Waals surface area contributed by atoms with E-state index in [2.05, 4.69) is 20.2 Å². The molecule has 0 bridgehead atoms. The first-order chi connectivity index (χ1) is 15.2. The zero-order valence-electron chi connectivity index (χ0n) is 18.0. The normalized spacial score (nSPS) is 13.9. The number of pyridine rings is 1. The molecule has 6 nitrogen and oxygen atoms in total. The number of methoxy groups -OCH3 is 1. The lowest BCUT2D eigenvalue weighted by Gasteiger charge is -2.30. The van der Waals surface area contributed by atoms with Crippen LogP contribution in [-0.2, 0) is 0 Å². The molecule has 7 heteroatoms. The van der Waals surface area contributed by atoms with Gasteiger partial charge in [-0.1, -0.05) is 37.6 Å². The number of nitrogens with one attached hydrogen (secondary N) is 3. The third-order valence-electron chi connectivity index (χ3n) is 5.49. The van der Waals surface area contributed by atoms with Gasteiger partial charge in [-0.05, 0) is 35.9 Å². The number of anilines is 1. The lowest BCUT2D eigenvalue weighted by atomic mass is 10.0. The van der Waals surface area contributed by atoms with Gasteiger partial charge in [-0.15, -0.1) is 0 Å². The Labute approximate surface area is 186 Å². The number of hydrogen-bond acceptors (Lipinski definition) is 4. The minimum atomic E-state index is -0.0990. The van der Waals surface area contributed by atoms with E-state index < -0.39 is 0 Å². The SMILES string of the molecule is CC.COc1cccc(-c2c(N3CCNCC3)c(=O)[nH]c3c2[nH]c2ccc(Cl)cc23)c1. The second-order valence-electron chi connectivity index (χ2n) is 7.21. The van der Waals surface area contributed by atoms with Crippen molar-refractivity contribution < 1.29 is 4.74 Å². The van der Waals surface area contributed by atoms with Crippen LogP contribution in [0.4, 0.5) is 5.69 Å². The van der Waals surface area contributed by atoms with E-state index in [1.165, 1.54) is 0 Å². The molecule has 0 radical (unpaired) electrons. The average molecular weight is 439 g/mol. The van der Waals surface area contributed by atoms with Crippen molar-refractivity contribution in [2.75, 3.05) is 38.2 Å². The summed E-state index contributed by atoms with van der Waals surface area (Å²) in [5.74, 6) is 0.751. The summed E-state index contributed by atoms with van der Waals surface area (Å²) in [7, 11) is 1.65. The first-order valence-corrected chi connectivity index (χ1v) is 11.0. The highest BCUT2D eigenvalue weighted by molar-refractivity contribution is 6.31. The molecule has 31 heavy (non-hydrogen) atoms. The summed E-state index contributed by atoms with van der Waals surface area (Å²) in [4.78, 5) is 22.1. The number of halogens is 1. The molecule has 5 rings (SSSR count). The first-order valence-electron chi connectivity index (χ1n) is 10.6. The monoisotopic (exact) mass is 438 g/mol. The number of hydrogen-bond donors (Lipinski definition) is 3. The van der Waals surface area contributed by atoms with Crippen molar-refractivity contribution in [3.05, 3.63) is 57.8 Å². The number of nitrogens with zero attached hydrogens (tertiary/aromatic N) is 1. The maximum absolute atomic E-state index is 13.3. The number of fused-ring (bicyclic) bond motifs is 3. The largest absolute Gasteiger partial charge is 0.497 e. The Balaban J connectivity index is 0.00000112. The van der Waals surface area contributed by atoms with Crippen molar-refractivity contribution >= 4 is 39.2 Å². The Morgan fingerprint density at radius 2 is 1.77 bits per heavy atom. The van der Waals surface area contributed by atoms with Crippen LogP contribution in [0, 0.1) is 0 Å². The molecule has 3 N–H and O–H groups in total. The fourth-order valence-corrected chi connectivity index (χ4v) is 4.31. The van der Waals surface area contributed by atoms with Gasteiger partial charge in [0.2, 0.25) is 0 Å². The third kappa shape index (κ3) is 3.89. The summed E-state index contributed by atoms with van der Waals surface area (Å²) < 4.78 is 5.44. The van der Waals surface area contributed by atoms with Gasteiger partial charge >= 0.3 is 0 Å². The highest BCUT2D eigenvalue weighted by Crippen LogP contribution is 2.38. The smallest absolute Gasteiger partial charge is 0.272 e. The first kappa shape index (κ1) is 21.3. The summed E-state index contributed by atoms with van der Waals surface area (Å²) in [6, 6.07) is 13.5. The molecular weight excluding hydrogens is 412 g/mol. The molecule has 1 saturated heterocycles. The Kier molecular flexibility index (Phi) is 6.20. The molecule has 0 saturated carbocycles. The van der Waals surface area contributed by atoms with Gasteiger partial charge in [0.05, 0.1) is 18.1 Å². The third-order valence-corrected chi connectivity index (χ3v) is 5.73. The lowest BCUT2D eigenvalue weighted by Crippen LogP contribution is -2.45. The molecule has 1 aliphatic heterocycles. The molecule has 1 aliphatic rings. The highest BCUT2D eigenvalue weighted by Gasteiger charge is 2.23. The predicted molar refractivity (Wildman–Crippen MR) is 130 cm³/mol. The van der Waals surface area contributed by atoms with Gasteiger partial charge in [0.1, 0.15) is 11.4 Å². The lowest BCUT2D eigenvalue weighted by molar-refractivity contribution is 0.415. The molecule has 4 aromatic rings. The Morgan fingerprint density at radius 1 is 1.00 bits per heavy atom. The minimum Gasteiger partial charge on any atom is -0.497 e. The summed E-state index contributed by atoms with van der Waals surface area (Å²) in [6.45, 7) is 7.24. The standard InChI is InChI=1S/C22H21ClN4O2.C2H6/c1-29-15-4-2-3-13(11-15)18-20-19(16-12-14(23)5-6-17(16)25-20)26-22(28)21(18)27-9-7-24-8-10-27;1-2/h2-6,11-12,24-25H,7-10H2,1H3,(H,26,28);1-2H3. The number of aromatic amines is 2. The van der Waals surface area contributed by atoms with E-state index in [1.54, 1.807) is 7.11 Å². The molecule has 0 unspecified atom stereocenters. The van der Waals surface area contributed by atoms with E-state index in [0.29, 0.717) is 10.7 Å².